The van der Waals surface area contributed by atoms with Crippen molar-refractivity contribution >= 4 is 17.3 Å². The molecule has 0 bridgehead atoms. The molecule has 15 heavy (non-hydrogen) atoms. The molecule has 0 aliphatic heterocycles. The molecule has 0 saturated heterocycles. The van der Waals surface area contributed by atoms with E-state index in [1.807, 2.05) is 0 Å². The molecule has 5 nitrogen and oxygen atoms in total. The number of nitrogens with one attached hydrogen (secondary N) is 2. The lowest BCUT2D eigenvalue weighted by atomic mass is 10.4. The van der Waals surface area contributed by atoms with Crippen LogP contribution in [0.2, 0.25) is 0 Å². The minimum atomic E-state index is -0.588. The third-order valence-electron chi connectivity index (χ3n) is 1.85. The minimum Gasteiger partial charge on any atom is -0.362 e. The Bertz CT molecular complexity index is 411. The number of aromatic amines is 2. The molecule has 0 radical (unpaired) electrons. The molecule has 1 aromatic heterocycles. The van der Waals surface area contributed by atoms with Gasteiger partial charge in [-0.2, -0.15) is 0 Å². The van der Waals surface area contributed by atoms with Gasteiger partial charge in [-0.25, -0.2) is 9.18 Å². The zero-order valence-corrected chi connectivity index (χ0v) is 8.68. The highest BCUT2D eigenvalue weighted by atomic mass is 35.5. The Morgan fingerprint density at radius 3 is 2.67 bits per heavy atom. The maximum Gasteiger partial charge on any atom is 0.325 e. The molecule has 0 aromatic carbocycles. The lowest BCUT2D eigenvalue weighted by molar-refractivity contribution is 0.492. The summed E-state index contributed by atoms with van der Waals surface area (Å²) in [7, 11) is 0. The number of H-pyrrole nitrogens is 2. The molecule has 0 unspecified atom stereocenters. The van der Waals surface area contributed by atoms with Crippen LogP contribution >= 0.6 is 11.6 Å². The van der Waals surface area contributed by atoms with Gasteiger partial charge in [-0.05, 0) is 0 Å². The highest BCUT2D eigenvalue weighted by molar-refractivity contribution is 6.18. The number of hydrogen-bond donors (Lipinski definition) is 2. The molecule has 1 aromatic rings. The summed E-state index contributed by atoms with van der Waals surface area (Å²) in [5, 5.41) is 0. The van der Waals surface area contributed by atoms with E-state index in [0.29, 0.717) is 6.54 Å². The van der Waals surface area contributed by atoms with Gasteiger partial charge in [0.05, 0.1) is 0 Å². The average molecular weight is 236 g/mol. The van der Waals surface area contributed by atoms with Gasteiger partial charge >= 0.3 is 5.69 Å². The molecule has 0 saturated carbocycles. The van der Waals surface area contributed by atoms with Crippen LogP contribution in [0.4, 0.5) is 10.1 Å². The fourth-order valence-electron chi connectivity index (χ4n) is 1.19. The third kappa shape index (κ3) is 3.09. The van der Waals surface area contributed by atoms with E-state index in [1.165, 1.54) is 11.1 Å². The van der Waals surface area contributed by atoms with Crippen molar-refractivity contribution in [3.8, 4) is 0 Å². The number of nitrogens with zero attached hydrogens (tertiary/aromatic N) is 1. The first-order valence-electron chi connectivity index (χ1n) is 4.38. The Balaban J connectivity index is 3.00. The molecular weight excluding hydrogens is 225 g/mol. The van der Waals surface area contributed by atoms with Crippen molar-refractivity contribution in [1.82, 2.24) is 9.97 Å². The first-order valence-corrected chi connectivity index (χ1v) is 4.91. The summed E-state index contributed by atoms with van der Waals surface area (Å²) < 4.78 is 12.2. The summed E-state index contributed by atoms with van der Waals surface area (Å²) in [6, 6.07) is 0. The molecule has 0 fully saturated rings. The van der Waals surface area contributed by atoms with Crippen molar-refractivity contribution in [3.63, 3.8) is 0 Å². The summed E-state index contributed by atoms with van der Waals surface area (Å²) in [6.07, 6.45) is 1.25. The van der Waals surface area contributed by atoms with Crippen LogP contribution in [0.5, 0.6) is 0 Å². The van der Waals surface area contributed by atoms with Crippen LogP contribution < -0.4 is 16.1 Å². The Kier molecular flexibility index (Phi) is 4.36. The molecule has 0 spiro atoms. The van der Waals surface area contributed by atoms with Gasteiger partial charge in [0.25, 0.3) is 5.56 Å². The molecule has 2 N–H and O–H groups in total. The van der Waals surface area contributed by atoms with Gasteiger partial charge in [-0.3, -0.25) is 9.78 Å². The number of halogens is 2. The number of hydrogen-bond acceptors (Lipinski definition) is 3. The van der Waals surface area contributed by atoms with Crippen LogP contribution in [0.3, 0.4) is 0 Å². The van der Waals surface area contributed by atoms with E-state index < -0.39 is 17.9 Å². The highest BCUT2D eigenvalue weighted by Gasteiger charge is 2.09. The van der Waals surface area contributed by atoms with Crippen molar-refractivity contribution in [3.05, 3.63) is 27.0 Å². The standard InChI is InChI=1S/C8H11ClFN3O2/c9-1-3-13(4-2-10)6-5-11-8(15)12-7(6)14/h5H,1-4H2,(H2,11,12,14,15). The van der Waals surface area contributed by atoms with Crippen LogP contribution in [-0.4, -0.2) is 35.6 Å². The van der Waals surface area contributed by atoms with Gasteiger partial charge in [0.2, 0.25) is 0 Å². The molecule has 0 atom stereocenters. The molecule has 84 valence electrons. The summed E-state index contributed by atoms with van der Waals surface area (Å²) in [5.74, 6) is 0.276. The van der Waals surface area contributed by atoms with Crippen LogP contribution in [0.1, 0.15) is 0 Å². The van der Waals surface area contributed by atoms with E-state index in [1.54, 1.807) is 0 Å². The van der Waals surface area contributed by atoms with E-state index in [4.69, 9.17) is 11.6 Å². The molecule has 1 rings (SSSR count). The van der Waals surface area contributed by atoms with Gasteiger partial charge in [-0.1, -0.05) is 0 Å². The minimum absolute atomic E-state index is 0.0713. The lowest BCUT2D eigenvalue weighted by Crippen LogP contribution is -2.35. The second-order valence-electron chi connectivity index (χ2n) is 2.82. The average Bonchev–Trinajstić information content (AvgIpc) is 2.17. The molecular formula is C8H11ClFN3O2. The first-order chi connectivity index (χ1) is 7.19. The SMILES string of the molecule is O=c1[nH]cc(N(CCF)CCCl)c(=O)[nH]1. The van der Waals surface area contributed by atoms with Crippen molar-refractivity contribution in [1.29, 1.82) is 0 Å². The van der Waals surface area contributed by atoms with E-state index in [0.717, 1.165) is 0 Å². The highest BCUT2D eigenvalue weighted by Crippen LogP contribution is 2.04. The van der Waals surface area contributed by atoms with E-state index in [9.17, 15) is 14.0 Å². The maximum atomic E-state index is 12.2. The van der Waals surface area contributed by atoms with Gasteiger partial charge in [0, 0.05) is 25.2 Å². The normalized spacial score (nSPS) is 10.3. The van der Waals surface area contributed by atoms with Gasteiger partial charge in [-0.15, -0.1) is 11.6 Å². The van der Waals surface area contributed by atoms with E-state index >= 15 is 0 Å². The monoisotopic (exact) mass is 235 g/mol. The molecule has 0 amide bonds. The number of alkyl halides is 2. The predicted molar refractivity (Wildman–Crippen MR) is 56.6 cm³/mol. The Morgan fingerprint density at radius 2 is 2.13 bits per heavy atom. The number of aromatic nitrogens is 2. The fraction of sp³-hybridized carbons (Fsp3) is 0.500. The molecule has 7 heteroatoms. The quantitative estimate of drug-likeness (QED) is 0.710. The molecule has 0 aliphatic carbocycles. The zero-order valence-electron chi connectivity index (χ0n) is 7.93. The van der Waals surface area contributed by atoms with Crippen molar-refractivity contribution in [2.24, 2.45) is 0 Å². The van der Waals surface area contributed by atoms with Crippen molar-refractivity contribution in [2.75, 3.05) is 30.5 Å². The topological polar surface area (TPSA) is 69.0 Å². The largest absolute Gasteiger partial charge is 0.362 e. The van der Waals surface area contributed by atoms with Crippen LogP contribution in [-0.2, 0) is 0 Å². The smallest absolute Gasteiger partial charge is 0.325 e. The predicted octanol–water partition coefficient (Wildman–Crippen LogP) is 0.0779. The van der Waals surface area contributed by atoms with E-state index in [2.05, 4.69) is 9.97 Å². The van der Waals surface area contributed by atoms with Crippen molar-refractivity contribution in [2.45, 2.75) is 0 Å². The van der Waals surface area contributed by atoms with Gasteiger partial charge < -0.3 is 9.88 Å². The van der Waals surface area contributed by atoms with Crippen LogP contribution in [0.25, 0.3) is 0 Å². The summed E-state index contributed by atoms with van der Waals surface area (Å²) in [4.78, 5) is 28.0. The third-order valence-corrected chi connectivity index (χ3v) is 2.02. The Hall–Kier alpha value is -1.30. The Labute approximate surface area is 89.9 Å². The summed E-state index contributed by atoms with van der Waals surface area (Å²) in [5.41, 5.74) is -0.917. The van der Waals surface area contributed by atoms with Crippen LogP contribution in [0.15, 0.2) is 15.8 Å². The first kappa shape index (κ1) is 11.8. The van der Waals surface area contributed by atoms with Crippen LogP contribution in [0, 0.1) is 0 Å². The number of rotatable bonds is 5. The molecule has 0 aliphatic rings. The second kappa shape index (κ2) is 5.55. The zero-order chi connectivity index (χ0) is 11.3. The lowest BCUT2D eigenvalue weighted by Gasteiger charge is -2.20. The Morgan fingerprint density at radius 1 is 1.40 bits per heavy atom. The number of anilines is 1. The van der Waals surface area contributed by atoms with Crippen molar-refractivity contribution < 1.29 is 4.39 Å². The summed E-state index contributed by atoms with van der Waals surface area (Å²) in [6.45, 7) is -0.169. The maximum absolute atomic E-state index is 12.2. The van der Waals surface area contributed by atoms with E-state index in [-0.39, 0.29) is 18.1 Å². The van der Waals surface area contributed by atoms with Gasteiger partial charge in [0.1, 0.15) is 12.4 Å². The fourth-order valence-corrected chi connectivity index (χ4v) is 1.40. The van der Waals surface area contributed by atoms with Gasteiger partial charge in [0.15, 0.2) is 0 Å². The molecule has 1 heterocycles. The second-order valence-corrected chi connectivity index (χ2v) is 3.20. The summed E-state index contributed by atoms with van der Waals surface area (Å²) >= 11 is 5.52.